The Bertz CT molecular complexity index is 1620. The third kappa shape index (κ3) is 5.02. The molecule has 3 aromatic heterocycles. The molecular weight excluding hydrogens is 522 g/mol. The zero-order valence-electron chi connectivity index (χ0n) is 23.3. The highest BCUT2D eigenvalue weighted by molar-refractivity contribution is 5.81. The lowest BCUT2D eigenvalue weighted by atomic mass is 9.91. The predicted molar refractivity (Wildman–Crippen MR) is 153 cm³/mol. The number of piperazine rings is 1. The first-order valence-corrected chi connectivity index (χ1v) is 14.4. The highest BCUT2D eigenvalue weighted by Gasteiger charge is 2.39. The topological polar surface area (TPSA) is 118 Å². The molecule has 5 heterocycles. The second-order valence-electron chi connectivity index (χ2n) is 11.7. The van der Waals surface area contributed by atoms with E-state index in [9.17, 15) is 14.7 Å². The summed E-state index contributed by atoms with van der Waals surface area (Å²) in [6.45, 7) is 5.22. The summed E-state index contributed by atoms with van der Waals surface area (Å²) in [5, 5.41) is 20.6. The van der Waals surface area contributed by atoms with Crippen LogP contribution in [0.4, 0.5) is 5.69 Å². The Morgan fingerprint density at radius 2 is 1.66 bits per heavy atom. The van der Waals surface area contributed by atoms with Crippen LogP contribution in [0.2, 0.25) is 0 Å². The number of hydrogen-bond acceptors (Lipinski definition) is 8. The number of benzene rings is 1. The quantitative estimate of drug-likeness (QED) is 0.377. The molecule has 0 spiro atoms. The Balaban J connectivity index is 1.06. The van der Waals surface area contributed by atoms with Crippen molar-refractivity contribution in [3.8, 4) is 11.4 Å². The van der Waals surface area contributed by atoms with Gasteiger partial charge in [-0.15, -0.1) is 0 Å². The summed E-state index contributed by atoms with van der Waals surface area (Å²) in [4.78, 5) is 36.8. The van der Waals surface area contributed by atoms with E-state index in [4.69, 9.17) is 0 Å². The molecule has 0 bridgehead atoms. The molecule has 3 aliphatic rings. The van der Waals surface area contributed by atoms with Crippen LogP contribution in [-0.2, 0) is 11.3 Å². The molecule has 1 amide bonds. The minimum absolute atomic E-state index is 0.139. The molecule has 0 unspecified atom stereocenters. The van der Waals surface area contributed by atoms with Crippen molar-refractivity contribution in [1.82, 2.24) is 38.9 Å². The van der Waals surface area contributed by atoms with Gasteiger partial charge in [-0.2, -0.15) is 10.2 Å². The number of nitrogens with zero attached hydrogens (tertiary/aromatic N) is 9. The van der Waals surface area contributed by atoms with Gasteiger partial charge in [0.2, 0.25) is 5.91 Å². The van der Waals surface area contributed by atoms with E-state index in [0.29, 0.717) is 37.0 Å². The largest absolute Gasteiger partial charge is 0.388 e. The first kappa shape index (κ1) is 25.9. The highest BCUT2D eigenvalue weighted by Crippen LogP contribution is 2.33. The predicted octanol–water partition coefficient (Wildman–Crippen LogP) is 1.28. The summed E-state index contributed by atoms with van der Waals surface area (Å²) in [7, 11) is 2.14. The molecule has 4 aromatic rings. The van der Waals surface area contributed by atoms with Gasteiger partial charge in [0, 0.05) is 45.2 Å². The number of carbonyl (C=O) groups is 1. The Morgan fingerprint density at radius 3 is 2.37 bits per heavy atom. The molecule has 12 nitrogen and oxygen atoms in total. The minimum atomic E-state index is -1.05. The fraction of sp³-hybridized carbons (Fsp3) is 0.483. The molecule has 1 aliphatic carbocycles. The Morgan fingerprint density at radius 1 is 0.951 bits per heavy atom. The van der Waals surface area contributed by atoms with E-state index in [2.05, 4.69) is 38.2 Å². The summed E-state index contributed by atoms with van der Waals surface area (Å²) in [6.07, 6.45) is 9.80. The molecule has 0 atom stereocenters. The normalized spacial score (nSPS) is 19.7. The molecule has 214 valence electrons. The number of rotatable bonds is 6. The standard InChI is InChI=1S/C29H35N9O3/c1-33-12-14-34(15-13-33)24-16-31-37(18-24)22-4-6-23(7-5-22)38-26-25(17-32-38)28(40)36(20-30-26)19-29(41)8-10-35(11-9-29)27(39)21-2-3-21/h4-7,16-18,20-21,41H,2-3,8-15,19H2,1H3. The first-order chi connectivity index (χ1) is 19.9. The van der Waals surface area contributed by atoms with E-state index in [-0.39, 0.29) is 23.9 Å². The number of aliphatic hydroxyl groups is 1. The van der Waals surface area contributed by atoms with Crippen LogP contribution in [-0.4, -0.2) is 102 Å². The fourth-order valence-corrected chi connectivity index (χ4v) is 5.89. The summed E-state index contributed by atoms with van der Waals surface area (Å²) >= 11 is 0. The van der Waals surface area contributed by atoms with Gasteiger partial charge in [-0.1, -0.05) is 0 Å². The van der Waals surface area contributed by atoms with Crippen LogP contribution >= 0.6 is 0 Å². The van der Waals surface area contributed by atoms with E-state index in [1.807, 2.05) is 40.0 Å². The molecule has 2 aliphatic heterocycles. The second-order valence-corrected chi connectivity index (χ2v) is 11.7. The maximum atomic E-state index is 13.3. The fourth-order valence-electron chi connectivity index (χ4n) is 5.89. The van der Waals surface area contributed by atoms with Crippen molar-refractivity contribution in [3.05, 3.63) is 59.5 Å². The van der Waals surface area contributed by atoms with Crippen LogP contribution in [0.3, 0.4) is 0 Å². The van der Waals surface area contributed by atoms with Gasteiger partial charge in [0.15, 0.2) is 5.65 Å². The third-order valence-electron chi connectivity index (χ3n) is 8.75. The van der Waals surface area contributed by atoms with Crippen molar-refractivity contribution in [2.45, 2.75) is 37.8 Å². The molecule has 1 aromatic carbocycles. The monoisotopic (exact) mass is 557 g/mol. The van der Waals surface area contributed by atoms with Crippen LogP contribution in [0.25, 0.3) is 22.4 Å². The zero-order chi connectivity index (χ0) is 28.1. The number of carbonyl (C=O) groups excluding carboxylic acids is 1. The SMILES string of the molecule is CN1CCN(c2cnn(-c3ccc(-n4ncc5c(=O)n(CC6(O)CCN(C(=O)C7CC7)CC6)cnc54)cc3)c2)CC1. The average Bonchev–Trinajstić information content (AvgIpc) is 3.55. The second kappa shape index (κ2) is 10.1. The lowest BCUT2D eigenvalue weighted by Gasteiger charge is -2.38. The maximum absolute atomic E-state index is 13.3. The summed E-state index contributed by atoms with van der Waals surface area (Å²) in [6, 6.07) is 7.82. The number of likely N-dealkylation sites (tertiary alicyclic amines) is 1. The van der Waals surface area contributed by atoms with E-state index in [1.165, 1.54) is 17.1 Å². The van der Waals surface area contributed by atoms with Gasteiger partial charge in [0.25, 0.3) is 5.56 Å². The van der Waals surface area contributed by atoms with Gasteiger partial charge in [0.1, 0.15) is 11.7 Å². The van der Waals surface area contributed by atoms with Gasteiger partial charge >= 0.3 is 0 Å². The molecule has 7 rings (SSSR count). The van der Waals surface area contributed by atoms with Crippen molar-refractivity contribution in [3.63, 3.8) is 0 Å². The van der Waals surface area contributed by atoms with Gasteiger partial charge < -0.3 is 19.8 Å². The molecule has 0 radical (unpaired) electrons. The van der Waals surface area contributed by atoms with Gasteiger partial charge in [-0.3, -0.25) is 14.2 Å². The molecular formula is C29H35N9O3. The van der Waals surface area contributed by atoms with E-state index in [1.54, 1.807) is 4.68 Å². The van der Waals surface area contributed by atoms with E-state index in [0.717, 1.165) is 56.1 Å². The van der Waals surface area contributed by atoms with Gasteiger partial charge in [-0.05, 0) is 57.0 Å². The van der Waals surface area contributed by atoms with Crippen LogP contribution < -0.4 is 10.5 Å². The molecule has 2 saturated heterocycles. The average molecular weight is 558 g/mol. The van der Waals surface area contributed by atoms with Crippen molar-refractivity contribution in [1.29, 1.82) is 0 Å². The molecule has 41 heavy (non-hydrogen) atoms. The third-order valence-corrected chi connectivity index (χ3v) is 8.75. The maximum Gasteiger partial charge on any atom is 0.264 e. The number of anilines is 1. The lowest BCUT2D eigenvalue weighted by Crippen LogP contribution is -2.50. The van der Waals surface area contributed by atoms with Gasteiger partial charge in [0.05, 0.1) is 47.8 Å². The summed E-state index contributed by atoms with van der Waals surface area (Å²) in [5.74, 6) is 0.376. The highest BCUT2D eigenvalue weighted by atomic mass is 16.3. The van der Waals surface area contributed by atoms with Crippen LogP contribution in [0, 0.1) is 5.92 Å². The van der Waals surface area contributed by atoms with Crippen LogP contribution in [0.1, 0.15) is 25.7 Å². The van der Waals surface area contributed by atoms with Crippen molar-refractivity contribution in [2.75, 3.05) is 51.2 Å². The number of piperidine rings is 1. The number of likely N-dealkylation sites (N-methyl/N-ethyl adjacent to an activating group) is 1. The minimum Gasteiger partial charge on any atom is -0.388 e. The van der Waals surface area contributed by atoms with Crippen LogP contribution in [0.5, 0.6) is 0 Å². The van der Waals surface area contributed by atoms with Gasteiger partial charge in [-0.25, -0.2) is 14.3 Å². The first-order valence-electron chi connectivity index (χ1n) is 14.4. The Labute approximate surface area is 237 Å². The Kier molecular flexibility index (Phi) is 6.39. The summed E-state index contributed by atoms with van der Waals surface area (Å²) < 4.78 is 4.98. The number of hydrogen-bond donors (Lipinski definition) is 1. The number of aromatic nitrogens is 6. The number of amides is 1. The van der Waals surface area contributed by atoms with Crippen molar-refractivity contribution < 1.29 is 9.90 Å². The lowest BCUT2D eigenvalue weighted by molar-refractivity contribution is -0.137. The number of fused-ring (bicyclic) bond motifs is 1. The van der Waals surface area contributed by atoms with E-state index >= 15 is 0 Å². The van der Waals surface area contributed by atoms with Crippen molar-refractivity contribution in [2.24, 2.45) is 5.92 Å². The van der Waals surface area contributed by atoms with Crippen molar-refractivity contribution >= 4 is 22.6 Å². The smallest absolute Gasteiger partial charge is 0.264 e. The molecule has 1 saturated carbocycles. The molecule has 12 heteroatoms. The Hall–Kier alpha value is -4.03. The van der Waals surface area contributed by atoms with Crippen LogP contribution in [0.15, 0.2) is 54.0 Å². The molecule has 3 fully saturated rings. The summed E-state index contributed by atoms with van der Waals surface area (Å²) in [5.41, 5.74) is 2.00. The zero-order valence-corrected chi connectivity index (χ0v) is 23.3. The van der Waals surface area contributed by atoms with E-state index < -0.39 is 5.60 Å². The molecule has 1 N–H and O–H groups in total.